The van der Waals surface area contributed by atoms with Crippen LogP contribution in [0, 0.1) is 6.92 Å². The summed E-state index contributed by atoms with van der Waals surface area (Å²) in [6, 6.07) is 14.3. The van der Waals surface area contributed by atoms with Gasteiger partial charge in [0.1, 0.15) is 0 Å². The van der Waals surface area contributed by atoms with E-state index in [1.54, 1.807) is 18.2 Å². The number of nitrogens with one attached hydrogen (secondary N) is 1. The van der Waals surface area contributed by atoms with Crippen LogP contribution in [0.5, 0.6) is 0 Å². The lowest BCUT2D eigenvalue weighted by molar-refractivity contribution is -0.120. The molecule has 2 aromatic carbocycles. The molecule has 4 heteroatoms. The molecule has 0 aliphatic rings. The fraction of sp³-hybridized carbons (Fsp3) is 0.176. The number of aryl methyl sites for hydroxylation is 1. The minimum absolute atomic E-state index is 0.0787. The van der Waals surface area contributed by atoms with Crippen molar-refractivity contribution in [3.05, 3.63) is 70.8 Å². The van der Waals surface area contributed by atoms with Gasteiger partial charge in [0.05, 0.1) is 12.0 Å². The predicted octanol–water partition coefficient (Wildman–Crippen LogP) is 2.55. The zero-order valence-corrected chi connectivity index (χ0v) is 11.8. The zero-order chi connectivity index (χ0) is 15.2. The first kappa shape index (κ1) is 14.8. The summed E-state index contributed by atoms with van der Waals surface area (Å²) < 4.78 is 0. The van der Waals surface area contributed by atoms with Gasteiger partial charge in [0.25, 0.3) is 0 Å². The monoisotopic (exact) mass is 283 g/mol. The average molecular weight is 283 g/mol. The summed E-state index contributed by atoms with van der Waals surface area (Å²) in [6.07, 6.45) is 0.325. The van der Waals surface area contributed by atoms with Gasteiger partial charge in [0, 0.05) is 6.54 Å². The Bertz CT molecular complexity index is 665. The van der Waals surface area contributed by atoms with Crippen LogP contribution in [0.3, 0.4) is 0 Å². The topological polar surface area (TPSA) is 66.4 Å². The zero-order valence-electron chi connectivity index (χ0n) is 11.8. The van der Waals surface area contributed by atoms with E-state index >= 15 is 0 Å². The molecule has 0 aliphatic heterocycles. The first-order valence-corrected chi connectivity index (χ1v) is 6.69. The van der Waals surface area contributed by atoms with E-state index in [9.17, 15) is 9.59 Å². The molecular weight excluding hydrogens is 266 g/mol. The maximum Gasteiger partial charge on any atom is 0.335 e. The van der Waals surface area contributed by atoms with E-state index in [4.69, 9.17) is 5.11 Å². The summed E-state index contributed by atoms with van der Waals surface area (Å²) in [6.45, 7) is 2.30. The van der Waals surface area contributed by atoms with Crippen molar-refractivity contribution in [1.29, 1.82) is 0 Å². The molecule has 0 bridgehead atoms. The van der Waals surface area contributed by atoms with Crippen LogP contribution in [0.25, 0.3) is 0 Å². The molecule has 4 nitrogen and oxygen atoms in total. The van der Waals surface area contributed by atoms with E-state index in [1.165, 1.54) is 6.07 Å². The van der Waals surface area contributed by atoms with E-state index in [0.717, 1.165) is 16.7 Å². The molecule has 2 rings (SSSR count). The van der Waals surface area contributed by atoms with Crippen LogP contribution in [0.4, 0.5) is 0 Å². The molecule has 0 spiro atoms. The van der Waals surface area contributed by atoms with E-state index < -0.39 is 5.97 Å². The van der Waals surface area contributed by atoms with E-state index in [0.29, 0.717) is 13.0 Å². The Hall–Kier alpha value is -2.62. The van der Waals surface area contributed by atoms with Gasteiger partial charge >= 0.3 is 5.97 Å². The minimum Gasteiger partial charge on any atom is -0.478 e. The highest BCUT2D eigenvalue weighted by Gasteiger charge is 2.07. The summed E-state index contributed by atoms with van der Waals surface area (Å²) in [5.74, 6) is -1.05. The van der Waals surface area contributed by atoms with Gasteiger partial charge in [-0.3, -0.25) is 4.79 Å². The smallest absolute Gasteiger partial charge is 0.335 e. The number of benzene rings is 2. The lowest BCUT2D eigenvalue weighted by Crippen LogP contribution is -2.24. The third kappa shape index (κ3) is 4.18. The quantitative estimate of drug-likeness (QED) is 0.886. The summed E-state index contributed by atoms with van der Waals surface area (Å²) >= 11 is 0. The molecule has 0 atom stereocenters. The number of amides is 1. The summed E-state index contributed by atoms with van der Waals surface area (Å²) in [5, 5.41) is 11.7. The first-order valence-electron chi connectivity index (χ1n) is 6.69. The molecule has 0 aliphatic carbocycles. The molecule has 0 radical (unpaired) electrons. The van der Waals surface area contributed by atoms with Crippen LogP contribution in [0.1, 0.15) is 27.0 Å². The van der Waals surface area contributed by atoms with Crippen LogP contribution < -0.4 is 5.32 Å². The highest BCUT2D eigenvalue weighted by Crippen LogP contribution is 2.08. The van der Waals surface area contributed by atoms with Gasteiger partial charge in [0.15, 0.2) is 0 Å². The van der Waals surface area contributed by atoms with Crippen molar-refractivity contribution in [3.63, 3.8) is 0 Å². The number of carbonyl (C=O) groups is 2. The molecule has 0 saturated heterocycles. The number of carboxylic acid groups (broad SMARTS) is 1. The molecule has 0 saturated carbocycles. The lowest BCUT2D eigenvalue weighted by atomic mass is 10.1. The molecule has 0 heterocycles. The van der Waals surface area contributed by atoms with Gasteiger partial charge in [-0.05, 0) is 35.7 Å². The molecule has 0 unspecified atom stereocenters. The van der Waals surface area contributed by atoms with Crippen LogP contribution in [-0.2, 0) is 17.8 Å². The molecule has 0 aromatic heterocycles. The second-order valence-corrected chi connectivity index (χ2v) is 4.89. The van der Waals surface area contributed by atoms with Gasteiger partial charge in [-0.1, -0.05) is 36.4 Å². The fourth-order valence-corrected chi connectivity index (χ4v) is 2.06. The third-order valence-corrected chi connectivity index (χ3v) is 3.28. The van der Waals surface area contributed by atoms with Crippen LogP contribution in [0.15, 0.2) is 48.5 Å². The van der Waals surface area contributed by atoms with Crippen LogP contribution in [-0.4, -0.2) is 17.0 Å². The van der Waals surface area contributed by atoms with Gasteiger partial charge in [-0.15, -0.1) is 0 Å². The summed E-state index contributed by atoms with van der Waals surface area (Å²) in [5.41, 5.74) is 3.07. The normalized spacial score (nSPS) is 10.1. The lowest BCUT2D eigenvalue weighted by Gasteiger charge is -2.08. The van der Waals surface area contributed by atoms with Crippen LogP contribution in [0.2, 0.25) is 0 Å². The summed E-state index contributed by atoms with van der Waals surface area (Å²) in [7, 11) is 0. The Balaban J connectivity index is 1.94. The Labute approximate surface area is 123 Å². The maximum absolute atomic E-state index is 11.9. The van der Waals surface area contributed by atoms with Crippen molar-refractivity contribution in [3.8, 4) is 0 Å². The molecule has 108 valence electrons. The molecule has 1 amide bonds. The van der Waals surface area contributed by atoms with E-state index in [1.807, 2.05) is 31.2 Å². The number of carbonyl (C=O) groups excluding carboxylic acids is 1. The van der Waals surface area contributed by atoms with Crippen LogP contribution >= 0.6 is 0 Å². The van der Waals surface area contributed by atoms with Gasteiger partial charge < -0.3 is 10.4 Å². The summed E-state index contributed by atoms with van der Waals surface area (Å²) in [4.78, 5) is 22.8. The Morgan fingerprint density at radius 1 is 1.10 bits per heavy atom. The number of rotatable bonds is 5. The SMILES string of the molecule is Cc1ccccc1CC(=O)NCc1cccc(C(=O)O)c1. The number of carboxylic acids is 1. The number of aromatic carboxylic acids is 1. The fourth-order valence-electron chi connectivity index (χ4n) is 2.06. The minimum atomic E-state index is -0.969. The largest absolute Gasteiger partial charge is 0.478 e. The van der Waals surface area contributed by atoms with Crippen molar-refractivity contribution in [2.24, 2.45) is 0 Å². The highest BCUT2D eigenvalue weighted by molar-refractivity contribution is 5.87. The standard InChI is InChI=1S/C17H17NO3/c1-12-5-2-3-7-14(12)10-16(19)18-11-13-6-4-8-15(9-13)17(20)21/h2-9H,10-11H2,1H3,(H,18,19)(H,20,21). The Kier molecular flexibility index (Phi) is 4.72. The second kappa shape index (κ2) is 6.70. The van der Waals surface area contributed by atoms with Crippen molar-refractivity contribution in [2.45, 2.75) is 19.9 Å². The van der Waals surface area contributed by atoms with Gasteiger partial charge in [-0.25, -0.2) is 4.79 Å². The average Bonchev–Trinajstić information content (AvgIpc) is 2.48. The Morgan fingerprint density at radius 3 is 2.57 bits per heavy atom. The highest BCUT2D eigenvalue weighted by atomic mass is 16.4. The van der Waals surface area contributed by atoms with Crippen molar-refractivity contribution in [2.75, 3.05) is 0 Å². The van der Waals surface area contributed by atoms with Gasteiger partial charge in [-0.2, -0.15) is 0 Å². The van der Waals surface area contributed by atoms with Crippen molar-refractivity contribution >= 4 is 11.9 Å². The number of hydrogen-bond acceptors (Lipinski definition) is 2. The maximum atomic E-state index is 11.9. The third-order valence-electron chi connectivity index (χ3n) is 3.28. The molecule has 21 heavy (non-hydrogen) atoms. The Morgan fingerprint density at radius 2 is 1.86 bits per heavy atom. The molecular formula is C17H17NO3. The van der Waals surface area contributed by atoms with Crippen molar-refractivity contribution in [1.82, 2.24) is 5.32 Å². The van der Waals surface area contributed by atoms with E-state index in [-0.39, 0.29) is 11.5 Å². The first-order chi connectivity index (χ1) is 10.1. The molecule has 2 N–H and O–H groups in total. The second-order valence-electron chi connectivity index (χ2n) is 4.89. The molecule has 0 fully saturated rings. The van der Waals surface area contributed by atoms with Crippen molar-refractivity contribution < 1.29 is 14.7 Å². The molecule has 2 aromatic rings. The van der Waals surface area contributed by atoms with E-state index in [2.05, 4.69) is 5.32 Å². The van der Waals surface area contributed by atoms with Gasteiger partial charge in [0.2, 0.25) is 5.91 Å². The number of hydrogen-bond donors (Lipinski definition) is 2. The predicted molar refractivity (Wildman–Crippen MR) is 80.1 cm³/mol.